The van der Waals surface area contributed by atoms with Gasteiger partial charge < -0.3 is 4.98 Å². The molecule has 0 spiro atoms. The number of aromatic amines is 1. The van der Waals surface area contributed by atoms with Crippen LogP contribution in [0.4, 0.5) is 0 Å². The predicted octanol–water partition coefficient (Wildman–Crippen LogP) is 1.87. The lowest BCUT2D eigenvalue weighted by Crippen LogP contribution is -2.36. The van der Waals surface area contributed by atoms with Gasteiger partial charge in [0.15, 0.2) is 16.3 Å². The van der Waals surface area contributed by atoms with E-state index in [0.717, 1.165) is 10.3 Å². The van der Waals surface area contributed by atoms with E-state index in [1.165, 1.54) is 40.1 Å². The lowest BCUT2D eigenvalue weighted by molar-refractivity contribution is 0.708. The minimum Gasteiger partial charge on any atom is -0.327 e. The molecule has 0 fully saturated rings. The quantitative estimate of drug-likeness (QED) is 0.744. The second kappa shape index (κ2) is 5.73. The Morgan fingerprint density at radius 1 is 1.13 bits per heavy atom. The van der Waals surface area contributed by atoms with Crippen LogP contribution in [0.1, 0.15) is 16.7 Å². The molecule has 3 aromatic rings. The van der Waals surface area contributed by atoms with Crippen molar-refractivity contribution < 1.29 is 0 Å². The number of fused-ring (bicyclic) bond motifs is 1. The van der Waals surface area contributed by atoms with Gasteiger partial charge in [-0.05, 0) is 30.5 Å². The largest absolute Gasteiger partial charge is 0.332 e. The summed E-state index contributed by atoms with van der Waals surface area (Å²) in [5.74, 6) is 0.745. The predicted molar refractivity (Wildman–Crippen MR) is 92.1 cm³/mol. The molecule has 0 saturated carbocycles. The third kappa shape index (κ3) is 2.72. The highest BCUT2D eigenvalue weighted by atomic mass is 32.2. The number of benzene rings is 1. The summed E-state index contributed by atoms with van der Waals surface area (Å²) in [4.78, 5) is 31.5. The van der Waals surface area contributed by atoms with Crippen molar-refractivity contribution in [3.63, 3.8) is 0 Å². The van der Waals surface area contributed by atoms with Crippen molar-refractivity contribution in [3.8, 4) is 0 Å². The van der Waals surface area contributed by atoms with E-state index in [2.05, 4.69) is 42.0 Å². The molecule has 0 unspecified atom stereocenters. The first-order chi connectivity index (χ1) is 10.9. The van der Waals surface area contributed by atoms with Gasteiger partial charge >= 0.3 is 5.69 Å². The van der Waals surface area contributed by atoms with Crippen molar-refractivity contribution in [3.05, 3.63) is 55.7 Å². The molecule has 0 aliphatic carbocycles. The molecule has 3 rings (SSSR count). The normalized spacial score (nSPS) is 11.3. The zero-order valence-electron chi connectivity index (χ0n) is 13.5. The van der Waals surface area contributed by atoms with Crippen LogP contribution in [0.15, 0.2) is 32.9 Å². The third-order valence-corrected chi connectivity index (χ3v) is 4.96. The first kappa shape index (κ1) is 15.6. The first-order valence-corrected chi connectivity index (χ1v) is 8.21. The van der Waals surface area contributed by atoms with E-state index in [1.54, 1.807) is 7.05 Å². The maximum atomic E-state index is 12.1. The summed E-state index contributed by atoms with van der Waals surface area (Å²) in [5, 5.41) is 0.636. The SMILES string of the molecule is Cc1ccc(CSc2nc3c([nH]2)c(=O)n(C)c(=O)n3C)cc1C. The Bertz CT molecular complexity index is 1010. The van der Waals surface area contributed by atoms with E-state index in [-0.39, 0.29) is 11.2 Å². The van der Waals surface area contributed by atoms with Crippen LogP contribution in [0, 0.1) is 13.8 Å². The van der Waals surface area contributed by atoms with E-state index in [9.17, 15) is 9.59 Å². The van der Waals surface area contributed by atoms with Gasteiger partial charge in [0.1, 0.15) is 0 Å². The van der Waals surface area contributed by atoms with E-state index in [0.29, 0.717) is 16.3 Å². The molecule has 0 saturated heterocycles. The van der Waals surface area contributed by atoms with Gasteiger partial charge in [0, 0.05) is 19.8 Å². The number of hydrogen-bond donors (Lipinski definition) is 1. The molecular formula is C16H18N4O2S. The minimum absolute atomic E-state index is 0.353. The maximum absolute atomic E-state index is 12.1. The standard InChI is InChI=1S/C16H18N4O2S/c1-9-5-6-11(7-10(9)2)8-23-15-17-12-13(18-15)19(3)16(22)20(4)14(12)21/h5-7H,8H2,1-4H3,(H,17,18). The second-order valence-corrected chi connectivity index (χ2v) is 6.62. The number of hydrogen-bond acceptors (Lipinski definition) is 4. The van der Waals surface area contributed by atoms with Crippen LogP contribution in [0.3, 0.4) is 0 Å². The van der Waals surface area contributed by atoms with Crippen LogP contribution in [0.2, 0.25) is 0 Å². The molecule has 120 valence electrons. The van der Waals surface area contributed by atoms with Gasteiger partial charge in [-0.3, -0.25) is 13.9 Å². The fraction of sp³-hybridized carbons (Fsp3) is 0.312. The number of nitrogens with zero attached hydrogens (tertiary/aromatic N) is 3. The van der Waals surface area contributed by atoms with Crippen molar-refractivity contribution in [1.29, 1.82) is 0 Å². The monoisotopic (exact) mass is 330 g/mol. The Balaban J connectivity index is 1.94. The Kier molecular flexibility index (Phi) is 3.89. The number of H-pyrrole nitrogens is 1. The summed E-state index contributed by atoms with van der Waals surface area (Å²) in [6, 6.07) is 6.34. The number of nitrogens with one attached hydrogen (secondary N) is 1. The van der Waals surface area contributed by atoms with Gasteiger partial charge in [0.25, 0.3) is 5.56 Å². The van der Waals surface area contributed by atoms with Crippen LogP contribution in [0.5, 0.6) is 0 Å². The summed E-state index contributed by atoms with van der Waals surface area (Å²) >= 11 is 1.51. The molecule has 0 radical (unpaired) electrons. The van der Waals surface area contributed by atoms with Crippen molar-refractivity contribution >= 4 is 22.9 Å². The summed E-state index contributed by atoms with van der Waals surface area (Å²) in [6.07, 6.45) is 0. The molecule has 7 heteroatoms. The molecule has 0 amide bonds. The number of thioether (sulfide) groups is 1. The molecule has 6 nitrogen and oxygen atoms in total. The van der Waals surface area contributed by atoms with Crippen LogP contribution in [-0.2, 0) is 19.8 Å². The number of rotatable bonds is 3. The fourth-order valence-corrected chi connectivity index (χ4v) is 3.23. The van der Waals surface area contributed by atoms with Gasteiger partial charge in [-0.15, -0.1) is 0 Å². The Morgan fingerprint density at radius 3 is 2.57 bits per heavy atom. The smallest absolute Gasteiger partial charge is 0.327 e. The van der Waals surface area contributed by atoms with E-state index in [1.807, 2.05) is 0 Å². The van der Waals surface area contributed by atoms with Gasteiger partial charge in [-0.1, -0.05) is 30.0 Å². The lowest BCUT2D eigenvalue weighted by atomic mass is 10.1. The molecule has 0 bridgehead atoms. The molecule has 0 aliphatic heterocycles. The van der Waals surface area contributed by atoms with E-state index in [4.69, 9.17) is 0 Å². The fourth-order valence-electron chi connectivity index (χ4n) is 2.42. The highest BCUT2D eigenvalue weighted by Crippen LogP contribution is 2.22. The maximum Gasteiger partial charge on any atom is 0.332 e. The summed E-state index contributed by atoms with van der Waals surface area (Å²) in [6.45, 7) is 4.17. The van der Waals surface area contributed by atoms with Crippen LogP contribution < -0.4 is 11.2 Å². The average molecular weight is 330 g/mol. The number of aromatic nitrogens is 4. The van der Waals surface area contributed by atoms with Gasteiger partial charge in [-0.2, -0.15) is 0 Å². The van der Waals surface area contributed by atoms with Gasteiger partial charge in [0.2, 0.25) is 0 Å². The van der Waals surface area contributed by atoms with Crippen molar-refractivity contribution in [2.24, 2.45) is 14.1 Å². The van der Waals surface area contributed by atoms with E-state index < -0.39 is 0 Å². The summed E-state index contributed by atoms with van der Waals surface area (Å²) in [7, 11) is 3.08. The zero-order valence-corrected chi connectivity index (χ0v) is 14.3. The van der Waals surface area contributed by atoms with Crippen LogP contribution >= 0.6 is 11.8 Å². The Hall–Kier alpha value is -2.28. The topological polar surface area (TPSA) is 72.7 Å². The van der Waals surface area contributed by atoms with Gasteiger partial charge in [-0.25, -0.2) is 9.78 Å². The summed E-state index contributed by atoms with van der Waals surface area (Å²) < 4.78 is 2.46. The highest BCUT2D eigenvalue weighted by Gasteiger charge is 2.13. The molecule has 2 aromatic heterocycles. The molecule has 0 aliphatic rings. The first-order valence-electron chi connectivity index (χ1n) is 7.23. The molecule has 1 N–H and O–H groups in total. The Labute approximate surface area is 137 Å². The molecule has 2 heterocycles. The van der Waals surface area contributed by atoms with Crippen molar-refractivity contribution in [2.75, 3.05) is 0 Å². The van der Waals surface area contributed by atoms with Crippen molar-refractivity contribution in [1.82, 2.24) is 19.1 Å². The van der Waals surface area contributed by atoms with Crippen molar-refractivity contribution in [2.45, 2.75) is 24.8 Å². The van der Waals surface area contributed by atoms with Crippen LogP contribution in [-0.4, -0.2) is 19.1 Å². The van der Waals surface area contributed by atoms with Crippen LogP contribution in [0.25, 0.3) is 11.2 Å². The third-order valence-electron chi connectivity index (χ3n) is 4.02. The van der Waals surface area contributed by atoms with E-state index >= 15 is 0 Å². The lowest BCUT2D eigenvalue weighted by Gasteiger charge is -2.03. The minimum atomic E-state index is -0.375. The molecule has 23 heavy (non-hydrogen) atoms. The number of aryl methyl sites for hydroxylation is 3. The second-order valence-electron chi connectivity index (χ2n) is 5.65. The zero-order chi connectivity index (χ0) is 16.7. The average Bonchev–Trinajstić information content (AvgIpc) is 2.96. The molecule has 1 aromatic carbocycles. The molecular weight excluding hydrogens is 312 g/mol. The Morgan fingerprint density at radius 2 is 1.87 bits per heavy atom. The molecule has 0 atom stereocenters. The highest BCUT2D eigenvalue weighted by molar-refractivity contribution is 7.98. The number of imidazole rings is 1. The summed E-state index contributed by atoms with van der Waals surface area (Å²) in [5.41, 5.74) is 3.73. The van der Waals surface area contributed by atoms with Gasteiger partial charge in [0.05, 0.1) is 0 Å².